The Morgan fingerprint density at radius 3 is 2.89 bits per heavy atom. The summed E-state index contributed by atoms with van der Waals surface area (Å²) in [4.78, 5) is 7.12. The van der Waals surface area contributed by atoms with Crippen LogP contribution in [0, 0.1) is 11.8 Å². The Morgan fingerprint density at radius 2 is 2.21 bits per heavy atom. The van der Waals surface area contributed by atoms with Gasteiger partial charge in [0.15, 0.2) is 0 Å². The van der Waals surface area contributed by atoms with Crippen LogP contribution in [0.3, 0.4) is 0 Å². The minimum Gasteiger partial charge on any atom is -0.299 e. The van der Waals surface area contributed by atoms with Crippen LogP contribution in [0.15, 0.2) is 30.0 Å². The van der Waals surface area contributed by atoms with Gasteiger partial charge >= 0.3 is 0 Å². The molecule has 2 bridgehead atoms. The van der Waals surface area contributed by atoms with Crippen LogP contribution < -0.4 is 0 Å². The third-order valence-corrected chi connectivity index (χ3v) is 5.20. The third-order valence-electron chi connectivity index (χ3n) is 5.20. The largest absolute Gasteiger partial charge is 0.299 e. The molecule has 19 heavy (non-hydrogen) atoms. The summed E-state index contributed by atoms with van der Waals surface area (Å²) >= 11 is 0. The van der Waals surface area contributed by atoms with Crippen LogP contribution in [0.25, 0.3) is 0 Å². The van der Waals surface area contributed by atoms with E-state index in [4.69, 9.17) is 0 Å². The van der Waals surface area contributed by atoms with Crippen molar-refractivity contribution < 1.29 is 0 Å². The molecule has 0 aliphatic heterocycles. The van der Waals surface area contributed by atoms with Crippen molar-refractivity contribution in [1.82, 2.24) is 9.88 Å². The molecule has 2 heteroatoms. The summed E-state index contributed by atoms with van der Waals surface area (Å²) in [7, 11) is 4.47. The molecule has 0 saturated heterocycles. The summed E-state index contributed by atoms with van der Waals surface area (Å²) < 4.78 is 0. The van der Waals surface area contributed by atoms with E-state index in [1.807, 2.05) is 6.20 Å². The first-order chi connectivity index (χ1) is 9.09. The van der Waals surface area contributed by atoms with Crippen LogP contribution in [0.1, 0.15) is 37.9 Å². The second kappa shape index (κ2) is 4.45. The van der Waals surface area contributed by atoms with Crippen LogP contribution in [0.5, 0.6) is 0 Å². The van der Waals surface area contributed by atoms with Crippen molar-refractivity contribution in [2.24, 2.45) is 11.8 Å². The summed E-state index contributed by atoms with van der Waals surface area (Å²) in [5.41, 5.74) is 4.48. The van der Waals surface area contributed by atoms with Gasteiger partial charge in [-0.3, -0.25) is 9.88 Å². The summed E-state index contributed by atoms with van der Waals surface area (Å²) in [6.07, 6.45) is 7.95. The highest BCUT2D eigenvalue weighted by Gasteiger charge is 2.51. The first-order valence-electron chi connectivity index (χ1n) is 7.38. The number of aromatic nitrogens is 1. The molecule has 2 aliphatic rings. The number of fused-ring (bicyclic) bond motifs is 4. The Balaban J connectivity index is 2.25. The average molecular weight is 256 g/mol. The van der Waals surface area contributed by atoms with E-state index in [1.54, 1.807) is 0 Å². The van der Waals surface area contributed by atoms with E-state index in [-0.39, 0.29) is 5.54 Å². The van der Waals surface area contributed by atoms with Crippen LogP contribution in [0.4, 0.5) is 0 Å². The predicted molar refractivity (Wildman–Crippen MR) is 79.0 cm³/mol. The topological polar surface area (TPSA) is 16.1 Å². The summed E-state index contributed by atoms with van der Waals surface area (Å²) in [6, 6.07) is 4.41. The van der Waals surface area contributed by atoms with Gasteiger partial charge in [-0.1, -0.05) is 31.1 Å². The lowest BCUT2D eigenvalue weighted by molar-refractivity contribution is 0.0248. The molecule has 3 rings (SSSR count). The quantitative estimate of drug-likeness (QED) is 0.754. The van der Waals surface area contributed by atoms with Gasteiger partial charge in [0.1, 0.15) is 0 Å². The van der Waals surface area contributed by atoms with E-state index in [1.165, 1.54) is 23.3 Å². The highest BCUT2D eigenvalue weighted by Crippen LogP contribution is 2.53. The molecule has 2 aliphatic carbocycles. The van der Waals surface area contributed by atoms with Gasteiger partial charge in [-0.2, -0.15) is 0 Å². The Morgan fingerprint density at radius 1 is 1.42 bits per heavy atom. The second-order valence-electron chi connectivity index (χ2n) is 6.39. The minimum absolute atomic E-state index is 0.153. The van der Waals surface area contributed by atoms with Crippen LogP contribution in [0.2, 0.25) is 0 Å². The van der Waals surface area contributed by atoms with Gasteiger partial charge in [0.2, 0.25) is 0 Å². The molecule has 2 nitrogen and oxygen atoms in total. The van der Waals surface area contributed by atoms with E-state index >= 15 is 0 Å². The fourth-order valence-corrected chi connectivity index (χ4v) is 4.54. The molecular weight excluding hydrogens is 232 g/mol. The Kier molecular flexibility index (Phi) is 3.01. The predicted octanol–water partition coefficient (Wildman–Crippen LogP) is 3.39. The van der Waals surface area contributed by atoms with Crippen molar-refractivity contribution in [2.45, 2.75) is 38.6 Å². The fraction of sp³-hybridized carbons (Fsp3) is 0.588. The van der Waals surface area contributed by atoms with Gasteiger partial charge in [-0.25, -0.2) is 0 Å². The molecule has 0 radical (unpaired) electrons. The summed E-state index contributed by atoms with van der Waals surface area (Å²) in [5.74, 6) is 1.37. The molecule has 0 unspecified atom stereocenters. The van der Waals surface area contributed by atoms with Crippen LogP contribution >= 0.6 is 0 Å². The molecule has 0 saturated carbocycles. The maximum absolute atomic E-state index is 4.67. The van der Waals surface area contributed by atoms with Crippen molar-refractivity contribution in [3.63, 3.8) is 0 Å². The number of pyridine rings is 1. The standard InChI is InChI=1S/C17H24N2/c1-5-14-13-9-12(2)11-17(14,19(3)4)15-7-6-8-18-16(15)10-13/h6-9,13-14H,5,10-11H2,1-4H3/t13-,14+,17+/m0/s1. The maximum atomic E-state index is 4.67. The smallest absolute Gasteiger partial charge is 0.0544 e. The van der Waals surface area contributed by atoms with E-state index in [0.29, 0.717) is 11.8 Å². The number of rotatable bonds is 2. The lowest BCUT2D eigenvalue weighted by atomic mass is 9.58. The molecule has 0 N–H and O–H groups in total. The highest BCUT2D eigenvalue weighted by molar-refractivity contribution is 5.39. The van der Waals surface area contributed by atoms with Gasteiger partial charge in [0.25, 0.3) is 0 Å². The molecular formula is C17H24N2. The monoisotopic (exact) mass is 256 g/mol. The van der Waals surface area contributed by atoms with Crippen molar-refractivity contribution in [3.05, 3.63) is 41.2 Å². The Bertz CT molecular complexity index is 518. The number of hydrogen-bond donors (Lipinski definition) is 0. The molecule has 102 valence electrons. The van der Waals surface area contributed by atoms with E-state index in [0.717, 1.165) is 12.8 Å². The van der Waals surface area contributed by atoms with E-state index < -0.39 is 0 Å². The molecule has 1 aromatic rings. The zero-order valence-electron chi connectivity index (χ0n) is 12.5. The van der Waals surface area contributed by atoms with Crippen molar-refractivity contribution in [1.29, 1.82) is 0 Å². The normalized spacial score (nSPS) is 33.0. The Labute approximate surface area is 116 Å². The van der Waals surface area contributed by atoms with Gasteiger partial charge in [0, 0.05) is 11.9 Å². The average Bonchev–Trinajstić information content (AvgIpc) is 2.37. The van der Waals surface area contributed by atoms with Crippen molar-refractivity contribution >= 4 is 0 Å². The van der Waals surface area contributed by atoms with Gasteiger partial charge in [0.05, 0.1) is 5.54 Å². The van der Waals surface area contributed by atoms with Gasteiger partial charge in [-0.15, -0.1) is 0 Å². The molecule has 0 aromatic carbocycles. The molecule has 3 atom stereocenters. The zero-order valence-corrected chi connectivity index (χ0v) is 12.5. The first-order valence-corrected chi connectivity index (χ1v) is 7.38. The fourth-order valence-electron chi connectivity index (χ4n) is 4.54. The zero-order chi connectivity index (χ0) is 13.6. The number of nitrogens with zero attached hydrogens (tertiary/aromatic N) is 2. The van der Waals surface area contributed by atoms with Gasteiger partial charge in [-0.05, 0) is 57.3 Å². The molecule has 1 heterocycles. The lowest BCUT2D eigenvalue weighted by Crippen LogP contribution is -2.55. The number of hydrogen-bond acceptors (Lipinski definition) is 2. The van der Waals surface area contributed by atoms with Crippen molar-refractivity contribution in [2.75, 3.05) is 14.1 Å². The SMILES string of the molecule is CC[C@@H]1[C@H]2C=C(C)C[C@]1(N(C)C)c1cccnc1C2. The molecule has 0 spiro atoms. The molecule has 0 fully saturated rings. The third kappa shape index (κ3) is 1.69. The van der Waals surface area contributed by atoms with Crippen LogP contribution in [-0.4, -0.2) is 24.0 Å². The van der Waals surface area contributed by atoms with Crippen molar-refractivity contribution in [3.8, 4) is 0 Å². The van der Waals surface area contributed by atoms with Gasteiger partial charge < -0.3 is 0 Å². The minimum atomic E-state index is 0.153. The van der Waals surface area contributed by atoms with E-state index in [2.05, 4.69) is 56.0 Å². The highest BCUT2D eigenvalue weighted by atomic mass is 15.2. The first kappa shape index (κ1) is 12.9. The molecule has 0 amide bonds. The van der Waals surface area contributed by atoms with E-state index in [9.17, 15) is 0 Å². The second-order valence-corrected chi connectivity index (χ2v) is 6.39. The maximum Gasteiger partial charge on any atom is 0.0544 e. The summed E-state index contributed by atoms with van der Waals surface area (Å²) in [6.45, 7) is 4.63. The number of allylic oxidation sites excluding steroid dienone is 1. The Hall–Kier alpha value is -1.15. The molecule has 1 aromatic heterocycles. The summed E-state index contributed by atoms with van der Waals surface area (Å²) in [5, 5.41) is 0. The van der Waals surface area contributed by atoms with Crippen LogP contribution in [-0.2, 0) is 12.0 Å². The lowest BCUT2D eigenvalue weighted by Gasteiger charge is -2.55.